The quantitative estimate of drug-likeness (QED) is 0.929. The first kappa shape index (κ1) is 16.8. The first-order chi connectivity index (χ1) is 12.1. The van der Waals surface area contributed by atoms with E-state index >= 15 is 0 Å². The van der Waals surface area contributed by atoms with Crippen LogP contribution in [0.2, 0.25) is 0 Å². The average Bonchev–Trinajstić information content (AvgIpc) is 2.74. The van der Waals surface area contributed by atoms with Gasteiger partial charge in [0.1, 0.15) is 0 Å². The Hall–Kier alpha value is -3.02. The number of hydrogen-bond acceptors (Lipinski definition) is 4. The Morgan fingerprint density at radius 2 is 1.84 bits per heavy atom. The molecule has 1 N–H and O–H groups in total. The number of rotatable bonds is 4. The first-order valence-electron chi connectivity index (χ1n) is 8.07. The summed E-state index contributed by atoms with van der Waals surface area (Å²) in [6.45, 7) is 1.70. The molecule has 0 spiro atoms. The van der Waals surface area contributed by atoms with Gasteiger partial charge >= 0.3 is 0 Å². The summed E-state index contributed by atoms with van der Waals surface area (Å²) in [5.74, 6) is 0.739. The van der Waals surface area contributed by atoms with Crippen molar-refractivity contribution in [1.29, 1.82) is 0 Å². The first-order valence-corrected chi connectivity index (χ1v) is 8.07. The zero-order valence-corrected chi connectivity index (χ0v) is 14.2. The van der Waals surface area contributed by atoms with Gasteiger partial charge in [-0.1, -0.05) is 24.3 Å². The Kier molecular flexibility index (Phi) is 4.88. The molecule has 6 nitrogen and oxygen atoms in total. The zero-order valence-electron chi connectivity index (χ0n) is 14.2. The van der Waals surface area contributed by atoms with Crippen molar-refractivity contribution >= 4 is 23.2 Å². The maximum Gasteiger partial charge on any atom is 0.265 e. The fraction of sp³-hybridized carbons (Fsp3) is 0.263. The molecule has 2 aromatic rings. The highest BCUT2D eigenvalue weighted by atomic mass is 16.5. The molecule has 1 heterocycles. The molecule has 0 radical (unpaired) electrons. The number of fused-ring (bicyclic) bond motifs is 1. The van der Waals surface area contributed by atoms with Crippen LogP contribution < -0.4 is 19.7 Å². The van der Waals surface area contributed by atoms with Crippen molar-refractivity contribution < 1.29 is 19.1 Å². The SMILES string of the molecule is COc1ccccc1OCC(=O)N1c2ccccc2NC(=O)CC1C. The number of ether oxygens (including phenoxy) is 2. The van der Waals surface area contributed by atoms with Gasteiger partial charge in [0.15, 0.2) is 18.1 Å². The molecular weight excluding hydrogens is 320 g/mol. The summed E-state index contributed by atoms with van der Waals surface area (Å²) in [7, 11) is 1.55. The molecule has 1 aliphatic rings. The van der Waals surface area contributed by atoms with Crippen LogP contribution in [0.3, 0.4) is 0 Å². The van der Waals surface area contributed by atoms with Gasteiger partial charge in [0.25, 0.3) is 5.91 Å². The van der Waals surface area contributed by atoms with E-state index in [2.05, 4.69) is 5.32 Å². The molecule has 0 saturated carbocycles. The number of carbonyl (C=O) groups excluding carboxylic acids is 2. The van der Waals surface area contributed by atoms with Crippen molar-refractivity contribution in [2.24, 2.45) is 0 Å². The molecule has 1 unspecified atom stereocenters. The van der Waals surface area contributed by atoms with Crippen LogP contribution in [0.1, 0.15) is 13.3 Å². The van der Waals surface area contributed by atoms with Crippen molar-refractivity contribution in [3.05, 3.63) is 48.5 Å². The molecule has 0 saturated heterocycles. The fourth-order valence-electron chi connectivity index (χ4n) is 2.91. The molecule has 1 aliphatic heterocycles. The van der Waals surface area contributed by atoms with E-state index in [1.54, 1.807) is 30.2 Å². The summed E-state index contributed by atoms with van der Waals surface area (Å²) in [5, 5.41) is 2.84. The predicted molar refractivity (Wildman–Crippen MR) is 95.1 cm³/mol. The number of hydrogen-bond donors (Lipinski definition) is 1. The molecule has 130 valence electrons. The third-order valence-corrected chi connectivity index (χ3v) is 4.05. The van der Waals surface area contributed by atoms with E-state index in [4.69, 9.17) is 9.47 Å². The summed E-state index contributed by atoms with van der Waals surface area (Å²) in [6, 6.07) is 14.2. The van der Waals surface area contributed by atoms with E-state index in [1.807, 2.05) is 37.3 Å². The van der Waals surface area contributed by atoms with Crippen LogP contribution in [0, 0.1) is 0 Å². The fourth-order valence-corrected chi connectivity index (χ4v) is 2.91. The van der Waals surface area contributed by atoms with Gasteiger partial charge in [-0.2, -0.15) is 0 Å². The number of carbonyl (C=O) groups is 2. The van der Waals surface area contributed by atoms with Gasteiger partial charge in [0.05, 0.1) is 18.5 Å². The van der Waals surface area contributed by atoms with Crippen molar-refractivity contribution in [3.8, 4) is 11.5 Å². The second-order valence-corrected chi connectivity index (χ2v) is 5.82. The monoisotopic (exact) mass is 340 g/mol. The lowest BCUT2D eigenvalue weighted by Crippen LogP contribution is -2.41. The molecule has 1 atom stereocenters. The summed E-state index contributed by atoms with van der Waals surface area (Å²) in [6.07, 6.45) is 0.231. The number of nitrogens with zero attached hydrogens (tertiary/aromatic N) is 1. The molecule has 6 heteroatoms. The van der Waals surface area contributed by atoms with Crippen molar-refractivity contribution in [2.45, 2.75) is 19.4 Å². The number of benzene rings is 2. The van der Waals surface area contributed by atoms with Crippen LogP contribution in [0.25, 0.3) is 0 Å². The Labute approximate surface area is 146 Å². The molecule has 0 aliphatic carbocycles. The molecule has 0 bridgehead atoms. The van der Waals surface area contributed by atoms with E-state index in [1.165, 1.54) is 0 Å². The van der Waals surface area contributed by atoms with Gasteiger partial charge in [-0.3, -0.25) is 9.59 Å². The number of methoxy groups -OCH3 is 1. The lowest BCUT2D eigenvalue weighted by molar-refractivity contribution is -0.121. The standard InChI is InChI=1S/C19H20N2O4/c1-13-11-18(22)20-14-7-3-4-8-15(14)21(13)19(23)12-25-17-10-6-5-9-16(17)24-2/h3-10,13H,11-12H2,1-2H3,(H,20,22). The van der Waals surface area contributed by atoms with Crippen molar-refractivity contribution in [1.82, 2.24) is 0 Å². The molecule has 3 rings (SSSR count). The van der Waals surface area contributed by atoms with Gasteiger partial charge < -0.3 is 19.7 Å². The van der Waals surface area contributed by atoms with Crippen LogP contribution in [-0.2, 0) is 9.59 Å². The Balaban J connectivity index is 1.82. The predicted octanol–water partition coefficient (Wildman–Crippen LogP) is 2.84. The van der Waals surface area contributed by atoms with Gasteiger partial charge in [-0.25, -0.2) is 0 Å². The van der Waals surface area contributed by atoms with E-state index in [-0.39, 0.29) is 30.9 Å². The van der Waals surface area contributed by atoms with E-state index in [0.717, 1.165) is 0 Å². The lowest BCUT2D eigenvalue weighted by Gasteiger charge is -2.27. The normalized spacial score (nSPS) is 16.5. The summed E-state index contributed by atoms with van der Waals surface area (Å²) < 4.78 is 10.9. The summed E-state index contributed by atoms with van der Waals surface area (Å²) >= 11 is 0. The molecule has 25 heavy (non-hydrogen) atoms. The van der Waals surface area contributed by atoms with Crippen LogP contribution in [0.4, 0.5) is 11.4 Å². The highest BCUT2D eigenvalue weighted by molar-refractivity contribution is 6.04. The third kappa shape index (κ3) is 3.57. The Morgan fingerprint density at radius 1 is 1.16 bits per heavy atom. The number of para-hydroxylation sites is 4. The highest BCUT2D eigenvalue weighted by Crippen LogP contribution is 2.32. The van der Waals surface area contributed by atoms with Gasteiger partial charge in [0, 0.05) is 12.5 Å². The van der Waals surface area contributed by atoms with E-state index in [0.29, 0.717) is 22.9 Å². The molecule has 0 fully saturated rings. The second kappa shape index (κ2) is 7.25. The second-order valence-electron chi connectivity index (χ2n) is 5.82. The topological polar surface area (TPSA) is 67.9 Å². The van der Waals surface area contributed by atoms with E-state index in [9.17, 15) is 9.59 Å². The minimum Gasteiger partial charge on any atom is -0.493 e. The maximum absolute atomic E-state index is 12.8. The largest absolute Gasteiger partial charge is 0.493 e. The summed E-state index contributed by atoms with van der Waals surface area (Å²) in [4.78, 5) is 26.4. The smallest absolute Gasteiger partial charge is 0.265 e. The minimum absolute atomic E-state index is 0.110. The third-order valence-electron chi connectivity index (χ3n) is 4.05. The zero-order chi connectivity index (χ0) is 17.8. The van der Waals surface area contributed by atoms with Crippen molar-refractivity contribution in [2.75, 3.05) is 23.9 Å². The lowest BCUT2D eigenvalue weighted by atomic mass is 10.1. The molecular formula is C19H20N2O4. The van der Waals surface area contributed by atoms with Gasteiger partial charge in [0.2, 0.25) is 5.91 Å². The van der Waals surface area contributed by atoms with Crippen LogP contribution >= 0.6 is 0 Å². The highest BCUT2D eigenvalue weighted by Gasteiger charge is 2.29. The number of amides is 2. The minimum atomic E-state index is -0.266. The molecule has 0 aromatic heterocycles. The summed E-state index contributed by atoms with van der Waals surface area (Å²) in [5.41, 5.74) is 1.30. The number of anilines is 2. The van der Waals surface area contributed by atoms with Gasteiger partial charge in [-0.05, 0) is 31.2 Å². The maximum atomic E-state index is 12.8. The Morgan fingerprint density at radius 3 is 2.60 bits per heavy atom. The van der Waals surface area contributed by atoms with Crippen molar-refractivity contribution in [3.63, 3.8) is 0 Å². The van der Waals surface area contributed by atoms with Crippen LogP contribution in [0.5, 0.6) is 11.5 Å². The Bertz CT molecular complexity index is 790. The van der Waals surface area contributed by atoms with Crippen LogP contribution in [0.15, 0.2) is 48.5 Å². The molecule has 2 aromatic carbocycles. The molecule has 2 amide bonds. The van der Waals surface area contributed by atoms with E-state index < -0.39 is 0 Å². The van der Waals surface area contributed by atoms with Gasteiger partial charge in [-0.15, -0.1) is 0 Å². The average molecular weight is 340 g/mol. The number of nitrogens with one attached hydrogen (secondary N) is 1. The van der Waals surface area contributed by atoms with Crippen LogP contribution in [-0.4, -0.2) is 31.6 Å².